The fourth-order valence-electron chi connectivity index (χ4n) is 2.54. The zero-order chi connectivity index (χ0) is 18.5. The molecule has 0 saturated carbocycles. The number of hydrogen-bond donors (Lipinski definition) is 1. The van der Waals surface area contributed by atoms with Crippen molar-refractivity contribution < 1.29 is 19.4 Å². The summed E-state index contributed by atoms with van der Waals surface area (Å²) in [5, 5.41) is 9.00. The third kappa shape index (κ3) is 9.18. The van der Waals surface area contributed by atoms with E-state index in [1.807, 2.05) is 37.3 Å². The van der Waals surface area contributed by atoms with E-state index < -0.39 is 11.8 Å². The van der Waals surface area contributed by atoms with Crippen LogP contribution >= 0.6 is 0 Å². The minimum Gasteiger partial charge on any atom is -0.478 e. The molecule has 4 nitrogen and oxygen atoms in total. The van der Waals surface area contributed by atoms with E-state index in [2.05, 4.69) is 6.92 Å². The average Bonchev–Trinajstić information content (AvgIpc) is 2.60. The molecule has 0 radical (unpaired) electrons. The summed E-state index contributed by atoms with van der Waals surface area (Å²) < 4.78 is 11.8. The maximum Gasteiger partial charge on any atom is 0.334 e. The third-order valence-electron chi connectivity index (χ3n) is 4.13. The molecule has 1 N–H and O–H groups in total. The van der Waals surface area contributed by atoms with Crippen LogP contribution < -0.4 is 4.74 Å². The highest BCUT2D eigenvalue weighted by Gasteiger charge is 2.27. The molecule has 140 valence electrons. The van der Waals surface area contributed by atoms with E-state index in [4.69, 9.17) is 14.6 Å². The van der Waals surface area contributed by atoms with Crippen molar-refractivity contribution in [3.63, 3.8) is 0 Å². The van der Waals surface area contributed by atoms with Gasteiger partial charge in [0.2, 0.25) is 5.79 Å². The SMILES string of the molecule is CCCCCCCCCC(C)(OC=C(C)C(=O)O)Oc1ccccc1. The number of aliphatic carboxylic acids is 1. The van der Waals surface area contributed by atoms with Crippen molar-refractivity contribution in [1.29, 1.82) is 0 Å². The number of para-hydroxylation sites is 1. The fraction of sp³-hybridized carbons (Fsp3) is 0.571. The molecule has 0 saturated heterocycles. The third-order valence-corrected chi connectivity index (χ3v) is 4.13. The van der Waals surface area contributed by atoms with Crippen molar-refractivity contribution >= 4 is 5.97 Å². The number of rotatable bonds is 13. The lowest BCUT2D eigenvalue weighted by atomic mass is 10.1. The van der Waals surface area contributed by atoms with Gasteiger partial charge in [-0.05, 0) is 25.5 Å². The zero-order valence-corrected chi connectivity index (χ0v) is 15.8. The van der Waals surface area contributed by atoms with Crippen molar-refractivity contribution in [3.8, 4) is 5.75 Å². The molecule has 0 bridgehead atoms. The number of unbranched alkanes of at least 4 members (excludes halogenated alkanes) is 6. The van der Waals surface area contributed by atoms with Crippen LogP contribution in [0.4, 0.5) is 0 Å². The van der Waals surface area contributed by atoms with E-state index in [1.54, 1.807) is 0 Å². The summed E-state index contributed by atoms with van der Waals surface area (Å²) in [7, 11) is 0. The van der Waals surface area contributed by atoms with E-state index in [0.29, 0.717) is 12.2 Å². The standard InChI is InChI=1S/C21H32O4/c1-4-5-6-7-8-9-13-16-21(3,24-17-18(2)20(22)23)25-19-14-11-10-12-15-19/h10-12,14-15,17H,4-9,13,16H2,1-3H3,(H,22,23). The molecule has 1 unspecified atom stereocenters. The molecule has 0 aromatic heterocycles. The zero-order valence-electron chi connectivity index (χ0n) is 15.8. The second-order valence-electron chi connectivity index (χ2n) is 6.64. The maximum atomic E-state index is 11.0. The Morgan fingerprint density at radius 2 is 1.68 bits per heavy atom. The molecule has 1 atom stereocenters. The quantitative estimate of drug-likeness (QED) is 0.208. The van der Waals surface area contributed by atoms with Crippen LogP contribution in [0.5, 0.6) is 5.75 Å². The summed E-state index contributed by atoms with van der Waals surface area (Å²) in [6, 6.07) is 9.49. The summed E-state index contributed by atoms with van der Waals surface area (Å²) in [5.74, 6) is -1.14. The normalized spacial score (nSPS) is 14.0. The van der Waals surface area contributed by atoms with Crippen molar-refractivity contribution in [1.82, 2.24) is 0 Å². The van der Waals surface area contributed by atoms with Gasteiger partial charge in [-0.1, -0.05) is 63.6 Å². The van der Waals surface area contributed by atoms with E-state index >= 15 is 0 Å². The lowest BCUT2D eigenvalue weighted by molar-refractivity contribution is -0.140. The number of carboxylic acid groups (broad SMARTS) is 1. The largest absolute Gasteiger partial charge is 0.478 e. The lowest BCUT2D eigenvalue weighted by Gasteiger charge is -2.30. The molecule has 0 spiro atoms. The van der Waals surface area contributed by atoms with Crippen LogP contribution in [-0.2, 0) is 9.53 Å². The highest BCUT2D eigenvalue weighted by Crippen LogP contribution is 2.26. The maximum absolute atomic E-state index is 11.0. The highest BCUT2D eigenvalue weighted by atomic mass is 16.7. The Kier molecular flexibility index (Phi) is 9.75. The van der Waals surface area contributed by atoms with Crippen LogP contribution in [0.1, 0.15) is 72.1 Å². The predicted octanol–water partition coefficient (Wildman–Crippen LogP) is 5.93. The van der Waals surface area contributed by atoms with Crippen LogP contribution in [0.15, 0.2) is 42.2 Å². The topological polar surface area (TPSA) is 55.8 Å². The molecule has 0 aliphatic rings. The number of ether oxygens (including phenoxy) is 2. The predicted molar refractivity (Wildman–Crippen MR) is 101 cm³/mol. The number of hydrogen-bond acceptors (Lipinski definition) is 3. The number of benzene rings is 1. The molecule has 0 amide bonds. The van der Waals surface area contributed by atoms with Crippen LogP contribution in [0.3, 0.4) is 0 Å². The summed E-state index contributed by atoms with van der Waals surface area (Å²) >= 11 is 0. The van der Waals surface area contributed by atoms with Crippen molar-refractivity contribution in [2.24, 2.45) is 0 Å². The summed E-state index contributed by atoms with van der Waals surface area (Å²) in [6.45, 7) is 5.60. The first-order valence-corrected chi connectivity index (χ1v) is 9.29. The average molecular weight is 348 g/mol. The Hall–Kier alpha value is -1.97. The molecule has 0 aliphatic heterocycles. The van der Waals surface area contributed by atoms with Gasteiger partial charge < -0.3 is 14.6 Å². The molecular weight excluding hydrogens is 316 g/mol. The molecule has 0 heterocycles. The minimum absolute atomic E-state index is 0.155. The van der Waals surface area contributed by atoms with Crippen LogP contribution in [0, 0.1) is 0 Å². The van der Waals surface area contributed by atoms with E-state index in [-0.39, 0.29) is 5.57 Å². The van der Waals surface area contributed by atoms with Gasteiger partial charge in [-0.2, -0.15) is 0 Å². The monoisotopic (exact) mass is 348 g/mol. The summed E-state index contributed by atoms with van der Waals surface area (Å²) in [6.07, 6.45) is 10.4. The second-order valence-corrected chi connectivity index (χ2v) is 6.64. The van der Waals surface area contributed by atoms with Gasteiger partial charge in [0.1, 0.15) is 5.75 Å². The molecule has 25 heavy (non-hydrogen) atoms. The van der Waals surface area contributed by atoms with E-state index in [0.717, 1.165) is 12.8 Å². The van der Waals surface area contributed by atoms with E-state index in [9.17, 15) is 4.79 Å². The molecular formula is C21H32O4. The Balaban J connectivity index is 2.58. The van der Waals surface area contributed by atoms with Crippen molar-refractivity contribution in [3.05, 3.63) is 42.2 Å². The Morgan fingerprint density at radius 1 is 1.08 bits per heavy atom. The molecule has 1 rings (SSSR count). The van der Waals surface area contributed by atoms with Crippen molar-refractivity contribution in [2.75, 3.05) is 0 Å². The first kappa shape index (κ1) is 21.1. The fourth-order valence-corrected chi connectivity index (χ4v) is 2.54. The summed E-state index contributed by atoms with van der Waals surface area (Å²) in [4.78, 5) is 11.0. The smallest absolute Gasteiger partial charge is 0.334 e. The number of carbonyl (C=O) groups is 1. The van der Waals surface area contributed by atoms with Crippen LogP contribution in [-0.4, -0.2) is 16.9 Å². The van der Waals surface area contributed by atoms with Crippen molar-refractivity contribution in [2.45, 2.75) is 77.9 Å². The minimum atomic E-state index is -0.988. The Morgan fingerprint density at radius 3 is 2.28 bits per heavy atom. The van der Waals surface area contributed by atoms with Gasteiger partial charge in [0.25, 0.3) is 0 Å². The first-order chi connectivity index (χ1) is 12.0. The highest BCUT2D eigenvalue weighted by molar-refractivity contribution is 5.85. The summed E-state index contributed by atoms with van der Waals surface area (Å²) in [5.41, 5.74) is 0.155. The Bertz CT molecular complexity index is 524. The lowest BCUT2D eigenvalue weighted by Crippen LogP contribution is -2.34. The Labute approximate surface area is 151 Å². The second kappa shape index (κ2) is 11.6. The van der Waals surface area contributed by atoms with Gasteiger partial charge in [-0.3, -0.25) is 0 Å². The van der Waals surface area contributed by atoms with Gasteiger partial charge in [-0.25, -0.2) is 4.79 Å². The molecule has 4 heteroatoms. The number of carboxylic acids is 1. The van der Waals surface area contributed by atoms with Gasteiger partial charge in [0.05, 0.1) is 11.8 Å². The van der Waals surface area contributed by atoms with Gasteiger partial charge >= 0.3 is 5.97 Å². The van der Waals surface area contributed by atoms with Gasteiger partial charge in [0, 0.05) is 13.3 Å². The van der Waals surface area contributed by atoms with Gasteiger partial charge in [0.15, 0.2) is 0 Å². The van der Waals surface area contributed by atoms with Gasteiger partial charge in [-0.15, -0.1) is 0 Å². The van der Waals surface area contributed by atoms with E-state index in [1.165, 1.54) is 45.3 Å². The molecule has 0 fully saturated rings. The first-order valence-electron chi connectivity index (χ1n) is 9.29. The van der Waals surface area contributed by atoms with Crippen LogP contribution in [0.2, 0.25) is 0 Å². The molecule has 1 aromatic carbocycles. The molecule has 1 aromatic rings. The molecule has 0 aliphatic carbocycles. The van der Waals surface area contributed by atoms with Crippen LogP contribution in [0.25, 0.3) is 0 Å².